The van der Waals surface area contributed by atoms with Crippen LogP contribution in [0.25, 0.3) is 62.6 Å². The summed E-state index contributed by atoms with van der Waals surface area (Å²) in [5, 5.41) is 7.98. The van der Waals surface area contributed by atoms with Gasteiger partial charge in [-0.3, -0.25) is 0 Å². The van der Waals surface area contributed by atoms with Crippen LogP contribution in [0.5, 0.6) is 0 Å². The molecule has 7 rings (SSSR count). The van der Waals surface area contributed by atoms with E-state index in [0.717, 1.165) is 0 Å². The zero-order valence-electron chi connectivity index (χ0n) is 17.2. The number of benzene rings is 5. The Morgan fingerprint density at radius 3 is 1.28 bits per heavy atom. The van der Waals surface area contributed by atoms with Gasteiger partial charge in [0, 0.05) is 29.9 Å². The molecule has 0 N–H and O–H groups in total. The van der Waals surface area contributed by atoms with Crippen LogP contribution >= 0.6 is 22.7 Å². The molecule has 0 aliphatic heterocycles. The molecular weight excluding hydrogens is 424 g/mol. The molecule has 0 radical (unpaired) electrons. The quantitative estimate of drug-likeness (QED) is 0.250. The first kappa shape index (κ1) is 18.1. The standard InChI is InChI=1S/C30H18S2/c1-3-7-23-19(5-1)13-15-27-25(23)17-29(31-27)21-9-11-22(12-10-21)30-18-26-24-8-4-2-6-20(24)14-16-28(26)32-30/h1-18H. The Kier molecular flexibility index (Phi) is 3.98. The molecule has 0 amide bonds. The fourth-order valence-electron chi connectivity index (χ4n) is 4.67. The van der Waals surface area contributed by atoms with Crippen molar-refractivity contribution in [2.45, 2.75) is 0 Å². The van der Waals surface area contributed by atoms with Gasteiger partial charge in [-0.25, -0.2) is 0 Å². The lowest BCUT2D eigenvalue weighted by Crippen LogP contribution is -1.75. The Morgan fingerprint density at radius 1 is 0.375 bits per heavy atom. The molecule has 0 aliphatic carbocycles. The van der Waals surface area contributed by atoms with Crippen LogP contribution in [0, 0.1) is 0 Å². The number of hydrogen-bond acceptors (Lipinski definition) is 2. The Labute approximate surface area is 194 Å². The largest absolute Gasteiger partial charge is 0.135 e. The van der Waals surface area contributed by atoms with Crippen molar-refractivity contribution in [3.05, 3.63) is 109 Å². The van der Waals surface area contributed by atoms with Crippen molar-refractivity contribution < 1.29 is 0 Å². The Bertz CT molecular complexity index is 1630. The van der Waals surface area contributed by atoms with Crippen LogP contribution in [0.1, 0.15) is 0 Å². The molecule has 0 aliphatic rings. The van der Waals surface area contributed by atoms with Crippen molar-refractivity contribution in [3.8, 4) is 20.9 Å². The second-order valence-electron chi connectivity index (χ2n) is 8.20. The number of hydrogen-bond donors (Lipinski definition) is 0. The van der Waals surface area contributed by atoms with E-state index in [2.05, 4.69) is 109 Å². The lowest BCUT2D eigenvalue weighted by Gasteiger charge is -2.00. The average molecular weight is 443 g/mol. The summed E-state index contributed by atoms with van der Waals surface area (Å²) in [5.41, 5.74) is 2.57. The van der Waals surface area contributed by atoms with Crippen LogP contribution in [0.2, 0.25) is 0 Å². The lowest BCUT2D eigenvalue weighted by molar-refractivity contribution is 1.69. The summed E-state index contributed by atoms with van der Waals surface area (Å²) in [6, 6.07) is 40.0. The van der Waals surface area contributed by atoms with E-state index in [1.165, 1.54) is 62.6 Å². The Hall–Kier alpha value is -3.46. The highest BCUT2D eigenvalue weighted by Crippen LogP contribution is 2.40. The van der Waals surface area contributed by atoms with Gasteiger partial charge in [0.05, 0.1) is 0 Å². The minimum atomic E-state index is 1.28. The predicted molar refractivity (Wildman–Crippen MR) is 143 cm³/mol. The molecule has 0 nitrogen and oxygen atoms in total. The summed E-state index contributed by atoms with van der Waals surface area (Å²) in [6.45, 7) is 0. The topological polar surface area (TPSA) is 0 Å². The molecule has 150 valence electrons. The van der Waals surface area contributed by atoms with E-state index in [0.29, 0.717) is 0 Å². The van der Waals surface area contributed by atoms with E-state index in [4.69, 9.17) is 0 Å². The number of thiophene rings is 2. The van der Waals surface area contributed by atoms with Gasteiger partial charge in [-0.2, -0.15) is 0 Å². The summed E-state index contributed by atoms with van der Waals surface area (Å²) in [7, 11) is 0. The van der Waals surface area contributed by atoms with Gasteiger partial charge in [0.25, 0.3) is 0 Å². The lowest BCUT2D eigenvalue weighted by atomic mass is 10.0. The van der Waals surface area contributed by atoms with Gasteiger partial charge in [0.2, 0.25) is 0 Å². The normalized spacial score (nSPS) is 11.8. The fourth-order valence-corrected chi connectivity index (χ4v) is 6.83. The van der Waals surface area contributed by atoms with Crippen molar-refractivity contribution in [1.82, 2.24) is 0 Å². The maximum atomic E-state index is 2.35. The minimum absolute atomic E-state index is 1.28. The van der Waals surface area contributed by atoms with E-state index in [-0.39, 0.29) is 0 Å². The number of rotatable bonds is 2. The Morgan fingerprint density at radius 2 is 0.812 bits per heavy atom. The molecule has 0 fully saturated rings. The van der Waals surface area contributed by atoms with Crippen molar-refractivity contribution in [2.24, 2.45) is 0 Å². The summed E-state index contributed by atoms with van der Waals surface area (Å²) in [4.78, 5) is 2.65. The van der Waals surface area contributed by atoms with E-state index < -0.39 is 0 Å². The molecule has 2 heterocycles. The molecule has 0 unspecified atom stereocenters. The third-order valence-electron chi connectivity index (χ3n) is 6.31. The van der Waals surface area contributed by atoms with Gasteiger partial charge in [0.15, 0.2) is 0 Å². The maximum Gasteiger partial charge on any atom is 0.0355 e. The Balaban J connectivity index is 1.30. The van der Waals surface area contributed by atoms with Gasteiger partial charge in [0.1, 0.15) is 0 Å². The average Bonchev–Trinajstić information content (AvgIpc) is 3.49. The van der Waals surface area contributed by atoms with E-state index in [1.54, 1.807) is 0 Å². The first-order valence-corrected chi connectivity index (χ1v) is 12.4. The zero-order valence-corrected chi connectivity index (χ0v) is 18.8. The van der Waals surface area contributed by atoms with Crippen molar-refractivity contribution in [1.29, 1.82) is 0 Å². The van der Waals surface area contributed by atoms with Crippen molar-refractivity contribution in [2.75, 3.05) is 0 Å². The predicted octanol–water partition coefficient (Wildman–Crippen LogP) is 9.76. The number of fused-ring (bicyclic) bond motifs is 6. The molecule has 0 atom stereocenters. The zero-order chi connectivity index (χ0) is 21.1. The molecule has 32 heavy (non-hydrogen) atoms. The van der Waals surface area contributed by atoms with Gasteiger partial charge in [-0.05, 0) is 56.9 Å². The van der Waals surface area contributed by atoms with Gasteiger partial charge < -0.3 is 0 Å². The molecule has 2 aromatic heterocycles. The molecule has 7 aromatic rings. The summed E-state index contributed by atoms with van der Waals surface area (Å²) < 4.78 is 2.69. The molecule has 0 bridgehead atoms. The van der Waals surface area contributed by atoms with Gasteiger partial charge in [-0.1, -0.05) is 84.9 Å². The SMILES string of the molecule is c1ccc2c(c1)ccc1sc(-c3ccc(-c4cc5c(ccc6ccccc65)s4)cc3)cc12. The summed E-state index contributed by atoms with van der Waals surface area (Å²) >= 11 is 3.75. The van der Waals surface area contributed by atoms with Crippen molar-refractivity contribution in [3.63, 3.8) is 0 Å². The summed E-state index contributed by atoms with van der Waals surface area (Å²) in [6.07, 6.45) is 0. The van der Waals surface area contributed by atoms with E-state index in [9.17, 15) is 0 Å². The first-order chi connectivity index (χ1) is 15.8. The highest BCUT2D eigenvalue weighted by Gasteiger charge is 2.10. The fraction of sp³-hybridized carbons (Fsp3) is 0. The molecule has 0 spiro atoms. The molecule has 2 heteroatoms. The molecule has 5 aromatic carbocycles. The van der Waals surface area contributed by atoms with Crippen molar-refractivity contribution >= 4 is 64.4 Å². The van der Waals surface area contributed by atoms with Crippen LogP contribution in [-0.4, -0.2) is 0 Å². The first-order valence-electron chi connectivity index (χ1n) is 10.8. The third-order valence-corrected chi connectivity index (χ3v) is 8.60. The van der Waals surface area contributed by atoms with E-state index in [1.807, 2.05) is 22.7 Å². The summed E-state index contributed by atoms with van der Waals surface area (Å²) in [5.74, 6) is 0. The highest BCUT2D eigenvalue weighted by molar-refractivity contribution is 7.22. The highest BCUT2D eigenvalue weighted by atomic mass is 32.1. The van der Waals surface area contributed by atoms with Crippen LogP contribution in [0.4, 0.5) is 0 Å². The minimum Gasteiger partial charge on any atom is -0.135 e. The van der Waals surface area contributed by atoms with Gasteiger partial charge in [-0.15, -0.1) is 22.7 Å². The van der Waals surface area contributed by atoms with Crippen LogP contribution < -0.4 is 0 Å². The second kappa shape index (κ2) is 7.03. The molecule has 0 saturated carbocycles. The van der Waals surface area contributed by atoms with Gasteiger partial charge >= 0.3 is 0 Å². The maximum absolute atomic E-state index is 2.35. The van der Waals surface area contributed by atoms with Crippen LogP contribution in [0.3, 0.4) is 0 Å². The second-order valence-corrected chi connectivity index (χ2v) is 10.4. The molecule has 0 saturated heterocycles. The van der Waals surface area contributed by atoms with Crippen LogP contribution in [0.15, 0.2) is 109 Å². The van der Waals surface area contributed by atoms with Crippen LogP contribution in [-0.2, 0) is 0 Å². The van der Waals surface area contributed by atoms with E-state index >= 15 is 0 Å². The molecular formula is C30H18S2. The monoisotopic (exact) mass is 442 g/mol. The smallest absolute Gasteiger partial charge is 0.0355 e. The third kappa shape index (κ3) is 2.81.